The van der Waals surface area contributed by atoms with Crippen molar-refractivity contribution in [2.75, 3.05) is 26.1 Å². The van der Waals surface area contributed by atoms with E-state index in [1.807, 2.05) is 24.3 Å². The average Bonchev–Trinajstić information content (AvgIpc) is 3.00. The first-order chi connectivity index (χ1) is 12.4. The number of nitrogens with one attached hydrogen (secondary N) is 2. The molecule has 0 radical (unpaired) electrons. The van der Waals surface area contributed by atoms with Crippen LogP contribution < -0.4 is 19.5 Å². The van der Waals surface area contributed by atoms with Crippen LogP contribution in [0.4, 0.5) is 5.69 Å². The Hall–Kier alpha value is -2.25. The number of methoxy groups -OCH3 is 2. The van der Waals surface area contributed by atoms with Crippen molar-refractivity contribution in [2.45, 2.75) is 30.7 Å². The fourth-order valence-corrected chi connectivity index (χ4v) is 4.22. The lowest BCUT2D eigenvalue weighted by Gasteiger charge is -2.11. The van der Waals surface area contributed by atoms with Crippen molar-refractivity contribution in [3.63, 3.8) is 0 Å². The molecular weight excluding hydrogens is 352 g/mol. The fraction of sp³-hybridized carbons (Fsp3) is 0.368. The van der Waals surface area contributed by atoms with E-state index in [0.717, 1.165) is 23.2 Å². The number of rotatable bonds is 7. The molecule has 7 heteroatoms. The average molecular weight is 376 g/mol. The molecule has 1 aliphatic rings. The summed E-state index contributed by atoms with van der Waals surface area (Å²) in [6.07, 6.45) is 1.40. The van der Waals surface area contributed by atoms with Gasteiger partial charge in [-0.25, -0.2) is 13.1 Å². The summed E-state index contributed by atoms with van der Waals surface area (Å²) in [4.78, 5) is 0.305. The molecule has 0 unspecified atom stereocenters. The molecule has 0 fully saturated rings. The van der Waals surface area contributed by atoms with Crippen LogP contribution in [0, 0.1) is 0 Å². The topological polar surface area (TPSA) is 76.7 Å². The molecule has 6 nitrogen and oxygen atoms in total. The second-order valence-corrected chi connectivity index (χ2v) is 8.17. The third-order valence-corrected chi connectivity index (χ3v) is 5.93. The van der Waals surface area contributed by atoms with E-state index in [-0.39, 0.29) is 0 Å². The molecule has 1 atom stereocenters. The van der Waals surface area contributed by atoms with Gasteiger partial charge in [-0.1, -0.05) is 6.07 Å². The fourth-order valence-electron chi connectivity index (χ4n) is 3.14. The van der Waals surface area contributed by atoms with Crippen LogP contribution in [0.25, 0.3) is 0 Å². The van der Waals surface area contributed by atoms with Crippen LogP contribution in [-0.4, -0.2) is 35.2 Å². The van der Waals surface area contributed by atoms with Crippen LogP contribution in [-0.2, 0) is 22.9 Å². The Balaban J connectivity index is 1.65. The number of anilines is 1. The zero-order valence-corrected chi connectivity index (χ0v) is 16.0. The van der Waals surface area contributed by atoms with Crippen molar-refractivity contribution in [2.24, 2.45) is 0 Å². The van der Waals surface area contributed by atoms with Crippen molar-refractivity contribution in [3.8, 4) is 11.5 Å². The zero-order chi connectivity index (χ0) is 18.7. The van der Waals surface area contributed by atoms with E-state index >= 15 is 0 Å². The second-order valence-electron chi connectivity index (χ2n) is 6.41. The highest BCUT2D eigenvalue weighted by Gasteiger charge is 2.21. The first kappa shape index (κ1) is 18.5. The minimum Gasteiger partial charge on any atom is -0.493 e. The van der Waals surface area contributed by atoms with Crippen molar-refractivity contribution < 1.29 is 17.9 Å². The van der Waals surface area contributed by atoms with Crippen LogP contribution in [0.5, 0.6) is 11.5 Å². The molecular formula is C19H24N2O4S. The molecule has 2 aromatic rings. The van der Waals surface area contributed by atoms with Gasteiger partial charge in [-0.05, 0) is 61.2 Å². The third-order valence-electron chi connectivity index (χ3n) is 4.47. The maximum atomic E-state index is 12.6. The first-order valence-electron chi connectivity index (χ1n) is 8.53. The molecule has 1 aliphatic heterocycles. The number of ether oxygens (including phenoxy) is 2. The van der Waals surface area contributed by atoms with Gasteiger partial charge >= 0.3 is 0 Å². The predicted octanol–water partition coefficient (Wildman–Crippen LogP) is 2.58. The molecule has 140 valence electrons. The van der Waals surface area contributed by atoms with Crippen molar-refractivity contribution >= 4 is 15.7 Å². The quantitative estimate of drug-likeness (QED) is 0.777. The summed E-state index contributed by atoms with van der Waals surface area (Å²) in [6, 6.07) is 11.1. The SMILES string of the molecule is COc1ccc(CCNS(=O)(=O)c2ccc3c(c2)C[C@H](C)N3)cc1OC. The summed E-state index contributed by atoms with van der Waals surface area (Å²) in [5.74, 6) is 1.28. The summed E-state index contributed by atoms with van der Waals surface area (Å²) in [6.45, 7) is 2.39. The Labute approximate surface area is 154 Å². The van der Waals surface area contributed by atoms with Gasteiger partial charge in [0.2, 0.25) is 10.0 Å². The highest BCUT2D eigenvalue weighted by Crippen LogP contribution is 2.29. The Morgan fingerprint density at radius 2 is 1.88 bits per heavy atom. The van der Waals surface area contributed by atoms with E-state index in [2.05, 4.69) is 17.0 Å². The highest BCUT2D eigenvalue weighted by atomic mass is 32.2. The summed E-state index contributed by atoms with van der Waals surface area (Å²) < 4.78 is 38.3. The molecule has 1 heterocycles. The number of benzene rings is 2. The molecule has 26 heavy (non-hydrogen) atoms. The Kier molecular flexibility index (Phi) is 5.38. The summed E-state index contributed by atoms with van der Waals surface area (Å²) >= 11 is 0. The highest BCUT2D eigenvalue weighted by molar-refractivity contribution is 7.89. The largest absolute Gasteiger partial charge is 0.493 e. The standard InChI is InChI=1S/C19H24N2O4S/c1-13-10-15-12-16(5-6-17(15)21-13)26(22,23)20-9-8-14-4-7-18(24-2)19(11-14)25-3/h4-7,11-13,20-21H,8-10H2,1-3H3/t13-/m0/s1. The van der Waals surface area contributed by atoms with E-state index < -0.39 is 10.0 Å². The normalized spacial score (nSPS) is 16.0. The lowest BCUT2D eigenvalue weighted by molar-refractivity contribution is 0.354. The summed E-state index contributed by atoms with van der Waals surface area (Å²) in [7, 11) is -0.373. The lowest BCUT2D eigenvalue weighted by atomic mass is 10.1. The second kappa shape index (κ2) is 7.55. The molecule has 0 amide bonds. The van der Waals surface area contributed by atoms with Crippen molar-refractivity contribution in [1.29, 1.82) is 0 Å². The van der Waals surface area contributed by atoms with Crippen LogP contribution >= 0.6 is 0 Å². The van der Waals surface area contributed by atoms with E-state index in [1.165, 1.54) is 0 Å². The number of hydrogen-bond donors (Lipinski definition) is 2. The third kappa shape index (κ3) is 3.94. The lowest BCUT2D eigenvalue weighted by Crippen LogP contribution is -2.26. The van der Waals surface area contributed by atoms with Gasteiger partial charge in [0, 0.05) is 18.3 Å². The van der Waals surface area contributed by atoms with Crippen molar-refractivity contribution in [1.82, 2.24) is 4.72 Å². The molecule has 2 aromatic carbocycles. The Morgan fingerprint density at radius 1 is 1.12 bits per heavy atom. The van der Waals surface area contributed by atoms with Gasteiger partial charge in [-0.15, -0.1) is 0 Å². The molecule has 2 N–H and O–H groups in total. The van der Waals surface area contributed by atoms with Gasteiger partial charge in [-0.2, -0.15) is 0 Å². The minimum atomic E-state index is -3.53. The van der Waals surface area contributed by atoms with Crippen LogP contribution in [0.15, 0.2) is 41.3 Å². The van der Waals surface area contributed by atoms with E-state index in [0.29, 0.717) is 35.4 Å². The van der Waals surface area contributed by atoms with Gasteiger partial charge in [0.25, 0.3) is 0 Å². The molecule has 0 saturated carbocycles. The number of hydrogen-bond acceptors (Lipinski definition) is 5. The van der Waals surface area contributed by atoms with Crippen LogP contribution in [0.3, 0.4) is 0 Å². The monoisotopic (exact) mass is 376 g/mol. The maximum absolute atomic E-state index is 12.6. The minimum absolute atomic E-state index is 0.305. The summed E-state index contributed by atoms with van der Waals surface area (Å²) in [5, 5.41) is 3.32. The van der Waals surface area contributed by atoms with Gasteiger partial charge in [0.15, 0.2) is 11.5 Å². The van der Waals surface area contributed by atoms with Crippen molar-refractivity contribution in [3.05, 3.63) is 47.5 Å². The van der Waals surface area contributed by atoms with Gasteiger partial charge in [-0.3, -0.25) is 0 Å². The zero-order valence-electron chi connectivity index (χ0n) is 15.2. The first-order valence-corrected chi connectivity index (χ1v) is 10.0. The smallest absolute Gasteiger partial charge is 0.240 e. The molecule has 0 saturated heterocycles. The molecule has 0 bridgehead atoms. The molecule has 0 aliphatic carbocycles. The predicted molar refractivity (Wildman–Crippen MR) is 102 cm³/mol. The number of sulfonamides is 1. The molecule has 0 spiro atoms. The van der Waals surface area contributed by atoms with Gasteiger partial charge in [0.05, 0.1) is 19.1 Å². The van der Waals surface area contributed by atoms with E-state index in [1.54, 1.807) is 26.4 Å². The number of fused-ring (bicyclic) bond motifs is 1. The van der Waals surface area contributed by atoms with Gasteiger partial charge < -0.3 is 14.8 Å². The maximum Gasteiger partial charge on any atom is 0.240 e. The van der Waals surface area contributed by atoms with Crippen LogP contribution in [0.2, 0.25) is 0 Å². The molecule has 3 rings (SSSR count). The Bertz CT molecular complexity index is 896. The van der Waals surface area contributed by atoms with Gasteiger partial charge in [0.1, 0.15) is 0 Å². The summed E-state index contributed by atoms with van der Waals surface area (Å²) in [5.41, 5.74) is 3.03. The molecule has 0 aromatic heterocycles. The van der Waals surface area contributed by atoms with Crippen LogP contribution in [0.1, 0.15) is 18.1 Å². The Morgan fingerprint density at radius 3 is 2.62 bits per heavy atom. The van der Waals surface area contributed by atoms with E-state index in [9.17, 15) is 8.42 Å². The van der Waals surface area contributed by atoms with E-state index in [4.69, 9.17) is 9.47 Å².